The van der Waals surface area contributed by atoms with Crippen LogP contribution in [0.5, 0.6) is 5.75 Å². The highest BCUT2D eigenvalue weighted by Gasteiger charge is 2.28. The van der Waals surface area contributed by atoms with E-state index in [2.05, 4.69) is 52.0 Å². The van der Waals surface area contributed by atoms with Crippen LogP contribution in [0.1, 0.15) is 33.9 Å². The van der Waals surface area contributed by atoms with Gasteiger partial charge in [0, 0.05) is 0 Å². The van der Waals surface area contributed by atoms with Crippen molar-refractivity contribution >= 4 is 0 Å². The summed E-state index contributed by atoms with van der Waals surface area (Å²) in [5, 5.41) is 0. The summed E-state index contributed by atoms with van der Waals surface area (Å²) in [7, 11) is 0. The van der Waals surface area contributed by atoms with Gasteiger partial charge in [0.1, 0.15) is 24.6 Å². The van der Waals surface area contributed by atoms with Gasteiger partial charge >= 0.3 is 0 Å². The van der Waals surface area contributed by atoms with Crippen LogP contribution in [0, 0.1) is 27.7 Å². The first kappa shape index (κ1) is 15.7. The van der Waals surface area contributed by atoms with Crippen LogP contribution in [-0.4, -0.2) is 25.9 Å². The summed E-state index contributed by atoms with van der Waals surface area (Å²) >= 11 is 0. The van der Waals surface area contributed by atoms with Crippen molar-refractivity contribution in [3.05, 3.63) is 52.1 Å². The molecule has 24 heavy (non-hydrogen) atoms. The Bertz CT molecular complexity index is 740. The third-order valence-electron chi connectivity index (χ3n) is 4.86. The van der Waals surface area contributed by atoms with Gasteiger partial charge in [0.15, 0.2) is 0 Å². The van der Waals surface area contributed by atoms with E-state index < -0.39 is 0 Å². The zero-order chi connectivity index (χ0) is 16.8. The molecule has 0 spiro atoms. The van der Waals surface area contributed by atoms with E-state index >= 15 is 0 Å². The van der Waals surface area contributed by atoms with E-state index in [0.717, 1.165) is 19.0 Å². The summed E-state index contributed by atoms with van der Waals surface area (Å²) in [6.07, 6.45) is 0.592. The Labute approximate surface area is 143 Å². The topological polar surface area (TPSA) is 34.3 Å². The number of rotatable bonds is 5. The molecule has 2 aromatic rings. The molecule has 0 radical (unpaired) electrons. The lowest BCUT2D eigenvalue weighted by Crippen LogP contribution is -2.06. The van der Waals surface area contributed by atoms with Crippen LogP contribution in [0.15, 0.2) is 24.3 Å². The second kappa shape index (κ2) is 5.91. The first-order valence-electron chi connectivity index (χ1n) is 8.61. The second-order valence-corrected chi connectivity index (χ2v) is 7.05. The van der Waals surface area contributed by atoms with Crippen molar-refractivity contribution in [3.8, 4) is 16.9 Å². The molecule has 2 aliphatic rings. The zero-order valence-electron chi connectivity index (χ0n) is 14.8. The molecule has 0 amide bonds. The van der Waals surface area contributed by atoms with E-state index in [1.165, 1.54) is 38.9 Å². The van der Waals surface area contributed by atoms with Crippen molar-refractivity contribution in [2.75, 3.05) is 19.8 Å². The molecular formula is C21H24O3. The van der Waals surface area contributed by atoms with E-state index in [0.29, 0.717) is 12.7 Å². The van der Waals surface area contributed by atoms with Crippen LogP contribution in [0.25, 0.3) is 11.1 Å². The molecule has 0 aliphatic carbocycles. The van der Waals surface area contributed by atoms with Gasteiger partial charge in [-0.1, -0.05) is 12.1 Å². The maximum absolute atomic E-state index is 5.95. The average molecular weight is 324 g/mol. The summed E-state index contributed by atoms with van der Waals surface area (Å²) in [4.78, 5) is 0. The molecule has 126 valence electrons. The first-order chi connectivity index (χ1) is 11.5. The number of ether oxygens (including phenoxy) is 3. The number of benzene rings is 2. The van der Waals surface area contributed by atoms with Gasteiger partial charge in [-0.15, -0.1) is 0 Å². The molecule has 0 saturated carbocycles. The molecule has 2 saturated heterocycles. The van der Waals surface area contributed by atoms with Gasteiger partial charge in [-0.2, -0.15) is 0 Å². The van der Waals surface area contributed by atoms with E-state index in [-0.39, 0.29) is 6.10 Å². The Morgan fingerprint density at radius 2 is 1.33 bits per heavy atom. The molecule has 3 heteroatoms. The Kier molecular flexibility index (Phi) is 3.86. The predicted octanol–water partition coefficient (Wildman–Crippen LogP) is 4.44. The van der Waals surface area contributed by atoms with Crippen molar-refractivity contribution in [1.29, 1.82) is 0 Å². The Hall–Kier alpha value is -1.84. The Morgan fingerprint density at radius 1 is 0.833 bits per heavy atom. The highest BCUT2D eigenvalue weighted by Crippen LogP contribution is 2.38. The third-order valence-corrected chi connectivity index (χ3v) is 4.86. The van der Waals surface area contributed by atoms with E-state index in [4.69, 9.17) is 14.2 Å². The van der Waals surface area contributed by atoms with Crippen molar-refractivity contribution < 1.29 is 14.2 Å². The molecule has 3 nitrogen and oxygen atoms in total. The lowest BCUT2D eigenvalue weighted by Gasteiger charge is -2.15. The molecular weight excluding hydrogens is 300 g/mol. The van der Waals surface area contributed by atoms with Crippen LogP contribution < -0.4 is 4.74 Å². The van der Waals surface area contributed by atoms with Gasteiger partial charge in [0.05, 0.1) is 13.2 Å². The normalized spacial score (nSPS) is 21.7. The van der Waals surface area contributed by atoms with Gasteiger partial charge in [-0.3, -0.25) is 0 Å². The van der Waals surface area contributed by atoms with Gasteiger partial charge in [0.2, 0.25) is 0 Å². The van der Waals surface area contributed by atoms with E-state index in [1.807, 2.05) is 0 Å². The highest BCUT2D eigenvalue weighted by molar-refractivity contribution is 5.69. The van der Waals surface area contributed by atoms with E-state index in [9.17, 15) is 0 Å². The monoisotopic (exact) mass is 324 g/mol. The molecule has 0 bridgehead atoms. The zero-order valence-corrected chi connectivity index (χ0v) is 14.8. The van der Waals surface area contributed by atoms with Crippen molar-refractivity contribution in [1.82, 2.24) is 0 Å². The smallest absolute Gasteiger partial charge is 0.125 e. The standard InChI is InChI=1S/C21H24O3/c1-12-5-16(6-13(2)20(12)19-11-23-19)17-7-14(3)21(15(4)8-17)24-10-18-9-22-18/h5-8,18-19H,9-11H2,1-4H3. The quantitative estimate of drug-likeness (QED) is 0.763. The molecule has 2 aromatic carbocycles. The largest absolute Gasteiger partial charge is 0.490 e. The number of aryl methyl sites for hydroxylation is 4. The Balaban J connectivity index is 1.66. The molecule has 2 aliphatic heterocycles. The molecule has 2 atom stereocenters. The first-order valence-corrected chi connectivity index (χ1v) is 8.61. The maximum atomic E-state index is 5.95. The summed E-state index contributed by atoms with van der Waals surface area (Å²) in [6, 6.07) is 8.99. The van der Waals surface area contributed by atoms with Gasteiger partial charge < -0.3 is 14.2 Å². The molecule has 2 unspecified atom stereocenters. The molecule has 0 N–H and O–H groups in total. The minimum absolute atomic E-state index is 0.283. The summed E-state index contributed by atoms with van der Waals surface area (Å²) in [6.45, 7) is 10.9. The van der Waals surface area contributed by atoms with Crippen molar-refractivity contribution in [3.63, 3.8) is 0 Å². The molecule has 4 rings (SSSR count). The minimum atomic E-state index is 0.283. The third kappa shape index (κ3) is 3.06. The lowest BCUT2D eigenvalue weighted by molar-refractivity contribution is 0.260. The fraction of sp³-hybridized carbons (Fsp3) is 0.429. The summed E-state index contributed by atoms with van der Waals surface area (Å²) < 4.78 is 16.7. The highest BCUT2D eigenvalue weighted by atomic mass is 16.6. The Morgan fingerprint density at radius 3 is 1.79 bits per heavy atom. The van der Waals surface area contributed by atoms with Crippen LogP contribution in [0.4, 0.5) is 0 Å². The molecule has 2 heterocycles. The van der Waals surface area contributed by atoms with Gasteiger partial charge in [-0.25, -0.2) is 0 Å². The number of hydrogen-bond donors (Lipinski definition) is 0. The molecule has 0 aromatic heterocycles. The van der Waals surface area contributed by atoms with Crippen LogP contribution in [0.2, 0.25) is 0 Å². The number of epoxide rings is 2. The predicted molar refractivity (Wildman–Crippen MR) is 94.8 cm³/mol. The van der Waals surface area contributed by atoms with Crippen molar-refractivity contribution in [2.45, 2.75) is 39.9 Å². The van der Waals surface area contributed by atoms with Gasteiger partial charge in [-0.05, 0) is 78.8 Å². The second-order valence-electron chi connectivity index (χ2n) is 7.05. The summed E-state index contributed by atoms with van der Waals surface area (Å²) in [5.41, 5.74) is 8.85. The maximum Gasteiger partial charge on any atom is 0.125 e. The summed E-state index contributed by atoms with van der Waals surface area (Å²) in [5.74, 6) is 0.991. The van der Waals surface area contributed by atoms with Crippen LogP contribution in [0.3, 0.4) is 0 Å². The van der Waals surface area contributed by atoms with Gasteiger partial charge in [0.25, 0.3) is 0 Å². The lowest BCUT2D eigenvalue weighted by atomic mass is 9.92. The van der Waals surface area contributed by atoms with Crippen molar-refractivity contribution in [2.24, 2.45) is 0 Å². The molecule has 2 fully saturated rings. The fourth-order valence-electron chi connectivity index (χ4n) is 3.55. The minimum Gasteiger partial charge on any atom is -0.490 e. The van der Waals surface area contributed by atoms with E-state index in [1.54, 1.807) is 0 Å². The number of hydrogen-bond acceptors (Lipinski definition) is 3. The fourth-order valence-corrected chi connectivity index (χ4v) is 3.55. The van der Waals surface area contributed by atoms with Crippen LogP contribution >= 0.6 is 0 Å². The average Bonchev–Trinajstić information content (AvgIpc) is 3.40. The SMILES string of the molecule is Cc1cc(-c2cc(C)c(C3CO3)c(C)c2)cc(C)c1OCC1CO1. The van der Waals surface area contributed by atoms with Crippen LogP contribution in [-0.2, 0) is 9.47 Å².